The highest BCUT2D eigenvalue weighted by Crippen LogP contribution is 2.42. The Labute approximate surface area is 158 Å². The Morgan fingerprint density at radius 3 is 2.48 bits per heavy atom. The molecule has 1 saturated carbocycles. The Balaban J connectivity index is 1.96. The summed E-state index contributed by atoms with van der Waals surface area (Å²) in [5.41, 5.74) is 1.40. The molecule has 2 N–H and O–H groups in total. The van der Waals surface area contributed by atoms with Crippen molar-refractivity contribution in [2.24, 2.45) is 0 Å². The van der Waals surface area contributed by atoms with E-state index < -0.39 is 32.4 Å². The minimum Gasteiger partial charge on any atom is -0.343 e. The minimum absolute atomic E-state index is 0.118. The topological polar surface area (TPSA) is 109 Å². The summed E-state index contributed by atoms with van der Waals surface area (Å²) in [5.74, 6) is -1.61. The smallest absolute Gasteiger partial charge is 0.249 e. The van der Waals surface area contributed by atoms with Gasteiger partial charge in [-0.15, -0.1) is 0 Å². The summed E-state index contributed by atoms with van der Waals surface area (Å²) < 4.78 is 25.5. The van der Waals surface area contributed by atoms with Gasteiger partial charge in [-0.1, -0.05) is 25.0 Å². The lowest BCUT2D eigenvalue weighted by Crippen LogP contribution is -2.58. The lowest BCUT2D eigenvalue weighted by molar-refractivity contribution is -0.137. The van der Waals surface area contributed by atoms with E-state index in [1.807, 2.05) is 13.0 Å². The molecule has 3 amide bonds. The van der Waals surface area contributed by atoms with Crippen LogP contribution in [0, 0.1) is 13.8 Å². The molecule has 0 radical (unpaired) electrons. The van der Waals surface area contributed by atoms with E-state index in [9.17, 15) is 22.8 Å². The van der Waals surface area contributed by atoms with E-state index in [-0.39, 0.29) is 36.5 Å². The van der Waals surface area contributed by atoms with Gasteiger partial charge in [0.15, 0.2) is 14.6 Å². The van der Waals surface area contributed by atoms with Crippen molar-refractivity contribution in [1.82, 2.24) is 10.6 Å². The monoisotopic (exact) mass is 392 g/mol. The SMILES string of the molecule is Cc1ccc(C)c(S(=O)(=O)C2(C(=O)N[C@H]3CCC(=O)NC3=O)CCCC2)c1. The van der Waals surface area contributed by atoms with Crippen molar-refractivity contribution in [1.29, 1.82) is 0 Å². The van der Waals surface area contributed by atoms with Crippen LogP contribution in [-0.4, -0.2) is 36.9 Å². The molecule has 1 aliphatic carbocycles. The maximum atomic E-state index is 13.5. The summed E-state index contributed by atoms with van der Waals surface area (Å²) >= 11 is 0. The summed E-state index contributed by atoms with van der Waals surface area (Å²) in [6.45, 7) is 3.52. The zero-order chi connectivity index (χ0) is 19.8. The number of piperidine rings is 1. The molecule has 3 rings (SSSR count). The second-order valence-corrected chi connectivity index (χ2v) is 9.68. The van der Waals surface area contributed by atoms with Gasteiger partial charge in [-0.2, -0.15) is 0 Å². The first kappa shape index (κ1) is 19.5. The molecule has 7 nitrogen and oxygen atoms in total. The zero-order valence-corrected chi connectivity index (χ0v) is 16.3. The molecule has 1 aromatic rings. The van der Waals surface area contributed by atoms with Gasteiger partial charge in [-0.3, -0.25) is 19.7 Å². The molecule has 0 aromatic heterocycles. The van der Waals surface area contributed by atoms with E-state index in [0.717, 1.165) is 5.56 Å². The summed E-state index contributed by atoms with van der Waals surface area (Å²) in [5, 5.41) is 4.78. The first-order valence-corrected chi connectivity index (χ1v) is 10.6. The maximum absolute atomic E-state index is 13.5. The predicted octanol–water partition coefficient (Wildman–Crippen LogP) is 1.31. The number of nitrogens with one attached hydrogen (secondary N) is 2. The number of amides is 3. The van der Waals surface area contributed by atoms with Crippen LogP contribution in [0.4, 0.5) is 0 Å². The van der Waals surface area contributed by atoms with Crippen LogP contribution in [0.1, 0.15) is 49.7 Å². The Morgan fingerprint density at radius 1 is 1.19 bits per heavy atom. The van der Waals surface area contributed by atoms with Crippen LogP contribution in [0.5, 0.6) is 0 Å². The molecule has 1 saturated heterocycles. The van der Waals surface area contributed by atoms with Gasteiger partial charge in [0.05, 0.1) is 4.90 Å². The van der Waals surface area contributed by atoms with Crippen LogP contribution in [0.15, 0.2) is 23.1 Å². The average molecular weight is 392 g/mol. The lowest BCUT2D eigenvalue weighted by Gasteiger charge is -2.31. The number of hydrogen-bond donors (Lipinski definition) is 2. The molecule has 0 unspecified atom stereocenters. The fourth-order valence-corrected chi connectivity index (χ4v) is 6.28. The zero-order valence-electron chi connectivity index (χ0n) is 15.5. The Hall–Kier alpha value is -2.22. The molecular weight excluding hydrogens is 368 g/mol. The number of aryl methyl sites for hydroxylation is 2. The molecule has 1 aromatic carbocycles. The van der Waals surface area contributed by atoms with Gasteiger partial charge in [0, 0.05) is 6.42 Å². The number of carbonyl (C=O) groups is 3. The summed E-state index contributed by atoms with van der Waals surface area (Å²) in [6.07, 6.45) is 2.01. The van der Waals surface area contributed by atoms with Gasteiger partial charge in [-0.25, -0.2) is 8.42 Å². The quantitative estimate of drug-likeness (QED) is 0.751. The van der Waals surface area contributed by atoms with Crippen molar-refractivity contribution >= 4 is 27.6 Å². The van der Waals surface area contributed by atoms with Gasteiger partial charge >= 0.3 is 0 Å². The van der Waals surface area contributed by atoms with E-state index in [1.54, 1.807) is 19.1 Å². The third-order valence-electron chi connectivity index (χ3n) is 5.52. The van der Waals surface area contributed by atoms with Crippen molar-refractivity contribution < 1.29 is 22.8 Å². The summed E-state index contributed by atoms with van der Waals surface area (Å²) in [7, 11) is -3.94. The standard InChI is InChI=1S/C19H24N2O5S/c1-12-5-6-13(2)15(11-12)27(25,26)19(9-3-4-10-19)18(24)20-14-7-8-16(22)21-17(14)23/h5-6,11,14H,3-4,7-10H2,1-2H3,(H,20,24)(H,21,22,23)/t14-/m0/s1. The van der Waals surface area contributed by atoms with Crippen LogP contribution >= 0.6 is 0 Å². The summed E-state index contributed by atoms with van der Waals surface area (Å²) in [4.78, 5) is 36.6. The van der Waals surface area contributed by atoms with Crippen molar-refractivity contribution in [2.75, 3.05) is 0 Å². The highest BCUT2D eigenvalue weighted by atomic mass is 32.2. The van der Waals surface area contributed by atoms with Crippen molar-refractivity contribution in [3.05, 3.63) is 29.3 Å². The fourth-order valence-electron chi connectivity index (χ4n) is 3.89. The van der Waals surface area contributed by atoms with E-state index in [2.05, 4.69) is 10.6 Å². The molecule has 1 atom stereocenters. The first-order valence-electron chi connectivity index (χ1n) is 9.14. The Morgan fingerprint density at radius 2 is 1.85 bits per heavy atom. The Bertz CT molecular complexity index is 901. The number of hydrogen-bond acceptors (Lipinski definition) is 5. The second kappa shape index (κ2) is 7.07. The van der Waals surface area contributed by atoms with Crippen molar-refractivity contribution in [3.8, 4) is 0 Å². The number of sulfone groups is 1. The van der Waals surface area contributed by atoms with Gasteiger partial charge in [0.2, 0.25) is 17.7 Å². The predicted molar refractivity (Wildman–Crippen MR) is 98.6 cm³/mol. The lowest BCUT2D eigenvalue weighted by atomic mass is 10.0. The van der Waals surface area contributed by atoms with E-state index in [4.69, 9.17) is 0 Å². The minimum atomic E-state index is -3.94. The third-order valence-corrected chi connectivity index (χ3v) is 8.16. The second-order valence-electron chi connectivity index (χ2n) is 7.45. The molecule has 1 heterocycles. The molecule has 2 aliphatic rings. The summed E-state index contributed by atoms with van der Waals surface area (Å²) in [6, 6.07) is 4.29. The normalized spacial score (nSPS) is 22.4. The maximum Gasteiger partial charge on any atom is 0.249 e. The molecule has 2 fully saturated rings. The van der Waals surface area contributed by atoms with Crippen LogP contribution in [0.25, 0.3) is 0 Å². The van der Waals surface area contributed by atoms with Gasteiger partial charge in [-0.05, 0) is 50.3 Å². The van der Waals surface area contributed by atoms with Crippen LogP contribution in [0.2, 0.25) is 0 Å². The molecule has 27 heavy (non-hydrogen) atoms. The number of imide groups is 1. The highest BCUT2D eigenvalue weighted by molar-refractivity contribution is 7.93. The molecular formula is C19H24N2O5S. The third kappa shape index (κ3) is 3.38. The number of rotatable bonds is 4. The first-order chi connectivity index (χ1) is 12.7. The van der Waals surface area contributed by atoms with Gasteiger partial charge in [0.1, 0.15) is 6.04 Å². The number of benzene rings is 1. The molecule has 8 heteroatoms. The van der Waals surface area contributed by atoms with E-state index in [0.29, 0.717) is 18.4 Å². The largest absolute Gasteiger partial charge is 0.343 e. The average Bonchev–Trinajstić information content (AvgIpc) is 3.11. The van der Waals surface area contributed by atoms with Gasteiger partial charge < -0.3 is 5.32 Å². The Kier molecular flexibility index (Phi) is 5.12. The molecule has 146 valence electrons. The van der Waals surface area contributed by atoms with Crippen LogP contribution in [-0.2, 0) is 24.2 Å². The van der Waals surface area contributed by atoms with Crippen LogP contribution < -0.4 is 10.6 Å². The molecule has 1 aliphatic heterocycles. The van der Waals surface area contributed by atoms with E-state index >= 15 is 0 Å². The fraction of sp³-hybridized carbons (Fsp3) is 0.526. The molecule has 0 bridgehead atoms. The van der Waals surface area contributed by atoms with Gasteiger partial charge in [0.25, 0.3) is 0 Å². The number of carbonyl (C=O) groups excluding carboxylic acids is 3. The van der Waals surface area contributed by atoms with Crippen molar-refractivity contribution in [2.45, 2.75) is 68.1 Å². The van der Waals surface area contributed by atoms with Crippen molar-refractivity contribution in [3.63, 3.8) is 0 Å². The highest BCUT2D eigenvalue weighted by Gasteiger charge is 2.54. The van der Waals surface area contributed by atoms with E-state index in [1.165, 1.54) is 0 Å². The van der Waals surface area contributed by atoms with Crippen LogP contribution in [0.3, 0.4) is 0 Å². The molecule has 0 spiro atoms.